The van der Waals surface area contributed by atoms with Crippen molar-refractivity contribution in [3.63, 3.8) is 0 Å². The zero-order valence-electron chi connectivity index (χ0n) is 13.2. The van der Waals surface area contributed by atoms with Crippen molar-refractivity contribution in [1.82, 2.24) is 20.1 Å². The molecule has 3 rings (SSSR count). The van der Waals surface area contributed by atoms with Crippen LogP contribution >= 0.6 is 15.9 Å². The number of nitrogens with one attached hydrogen (secondary N) is 2. The molecule has 1 aromatic carbocycles. The SMILES string of the molecule is CCC(NCc1nn(C)c(C)c1Br)c1cccc2cc[nH]c12. The van der Waals surface area contributed by atoms with Gasteiger partial charge in [-0.05, 0) is 46.3 Å². The molecule has 116 valence electrons. The molecule has 0 radical (unpaired) electrons. The number of para-hydroxylation sites is 1. The lowest BCUT2D eigenvalue weighted by molar-refractivity contribution is 0.513. The van der Waals surface area contributed by atoms with Gasteiger partial charge in [0.2, 0.25) is 0 Å². The maximum absolute atomic E-state index is 4.56. The second-order valence-corrected chi connectivity index (χ2v) is 6.39. The van der Waals surface area contributed by atoms with Gasteiger partial charge >= 0.3 is 0 Å². The Kier molecular flexibility index (Phi) is 4.36. The molecule has 2 heterocycles. The molecule has 4 nitrogen and oxygen atoms in total. The Morgan fingerprint density at radius 1 is 1.36 bits per heavy atom. The highest BCUT2D eigenvalue weighted by Gasteiger charge is 2.15. The first kappa shape index (κ1) is 15.3. The minimum absolute atomic E-state index is 0.302. The zero-order chi connectivity index (χ0) is 15.7. The molecular formula is C17H21BrN4. The summed E-state index contributed by atoms with van der Waals surface area (Å²) in [4.78, 5) is 3.36. The van der Waals surface area contributed by atoms with E-state index in [-0.39, 0.29) is 0 Å². The maximum Gasteiger partial charge on any atom is 0.0907 e. The van der Waals surface area contributed by atoms with Crippen LogP contribution in [-0.4, -0.2) is 14.8 Å². The number of halogens is 1. The molecule has 2 aromatic heterocycles. The van der Waals surface area contributed by atoms with Gasteiger partial charge in [-0.2, -0.15) is 5.10 Å². The first-order valence-electron chi connectivity index (χ1n) is 7.59. The number of hydrogen-bond acceptors (Lipinski definition) is 2. The van der Waals surface area contributed by atoms with E-state index < -0.39 is 0 Å². The minimum atomic E-state index is 0.302. The fourth-order valence-corrected chi connectivity index (χ4v) is 3.33. The summed E-state index contributed by atoms with van der Waals surface area (Å²) >= 11 is 3.63. The Morgan fingerprint density at radius 3 is 2.86 bits per heavy atom. The quantitative estimate of drug-likeness (QED) is 0.715. The molecule has 0 saturated carbocycles. The molecule has 1 unspecified atom stereocenters. The van der Waals surface area contributed by atoms with Crippen molar-refractivity contribution < 1.29 is 0 Å². The summed E-state index contributed by atoms with van der Waals surface area (Å²) in [5.41, 5.74) is 4.74. The molecule has 3 aromatic rings. The van der Waals surface area contributed by atoms with Crippen molar-refractivity contribution in [2.24, 2.45) is 7.05 Å². The van der Waals surface area contributed by atoms with Crippen LogP contribution in [0.1, 0.15) is 36.3 Å². The smallest absolute Gasteiger partial charge is 0.0907 e. The van der Waals surface area contributed by atoms with E-state index in [1.54, 1.807) is 0 Å². The monoisotopic (exact) mass is 360 g/mol. The highest BCUT2D eigenvalue weighted by atomic mass is 79.9. The van der Waals surface area contributed by atoms with E-state index in [0.717, 1.165) is 28.8 Å². The Balaban J connectivity index is 1.83. The van der Waals surface area contributed by atoms with Gasteiger partial charge in [0.1, 0.15) is 0 Å². The summed E-state index contributed by atoms with van der Waals surface area (Å²) in [5.74, 6) is 0. The van der Waals surface area contributed by atoms with E-state index in [4.69, 9.17) is 0 Å². The topological polar surface area (TPSA) is 45.6 Å². The molecule has 0 fully saturated rings. The van der Waals surface area contributed by atoms with Crippen molar-refractivity contribution in [3.05, 3.63) is 51.9 Å². The standard InChI is InChI=1S/C17H21BrN4/c1-4-14(13-7-5-6-12-8-9-19-17(12)13)20-10-15-16(18)11(2)22(3)21-15/h5-9,14,19-20H,4,10H2,1-3H3. The highest BCUT2D eigenvalue weighted by Crippen LogP contribution is 2.26. The lowest BCUT2D eigenvalue weighted by Gasteiger charge is -2.18. The highest BCUT2D eigenvalue weighted by molar-refractivity contribution is 9.10. The number of nitrogens with zero attached hydrogens (tertiary/aromatic N) is 2. The molecule has 0 bridgehead atoms. The summed E-state index contributed by atoms with van der Waals surface area (Å²) in [7, 11) is 1.97. The third-order valence-electron chi connectivity index (χ3n) is 4.25. The average Bonchev–Trinajstić information content (AvgIpc) is 3.09. The molecule has 5 heteroatoms. The van der Waals surface area contributed by atoms with Crippen LogP contribution in [0.15, 0.2) is 34.9 Å². The van der Waals surface area contributed by atoms with Gasteiger partial charge in [-0.15, -0.1) is 0 Å². The normalized spacial score (nSPS) is 12.9. The van der Waals surface area contributed by atoms with Gasteiger partial charge in [-0.3, -0.25) is 4.68 Å². The van der Waals surface area contributed by atoms with E-state index in [0.29, 0.717) is 6.04 Å². The number of fused-ring (bicyclic) bond motifs is 1. The van der Waals surface area contributed by atoms with Gasteiger partial charge in [0.05, 0.1) is 15.7 Å². The fraction of sp³-hybridized carbons (Fsp3) is 0.353. The van der Waals surface area contributed by atoms with Crippen molar-refractivity contribution in [2.45, 2.75) is 32.9 Å². The summed E-state index contributed by atoms with van der Waals surface area (Å²) in [5, 5.41) is 9.46. The Labute approximate surface area is 139 Å². The summed E-state index contributed by atoms with van der Waals surface area (Å²) in [6, 6.07) is 8.87. The molecule has 0 aliphatic carbocycles. The van der Waals surface area contributed by atoms with Crippen LogP contribution in [0.5, 0.6) is 0 Å². The third-order valence-corrected chi connectivity index (χ3v) is 5.28. The molecule has 0 aliphatic heterocycles. The molecular weight excluding hydrogens is 340 g/mol. The number of H-pyrrole nitrogens is 1. The number of aromatic nitrogens is 3. The van der Waals surface area contributed by atoms with E-state index >= 15 is 0 Å². The van der Waals surface area contributed by atoms with E-state index in [9.17, 15) is 0 Å². The number of aromatic amines is 1. The summed E-state index contributed by atoms with van der Waals surface area (Å²) in [6.45, 7) is 5.02. The number of rotatable bonds is 5. The maximum atomic E-state index is 4.56. The summed E-state index contributed by atoms with van der Waals surface area (Å²) < 4.78 is 3.00. The average molecular weight is 361 g/mol. The summed E-state index contributed by atoms with van der Waals surface area (Å²) in [6.07, 6.45) is 3.03. The Bertz CT molecular complexity index is 787. The predicted octanol–water partition coefficient (Wildman–Crippen LogP) is 4.21. The van der Waals surface area contributed by atoms with Gasteiger partial charge in [0.15, 0.2) is 0 Å². The lowest BCUT2D eigenvalue weighted by atomic mass is 10.0. The Morgan fingerprint density at radius 2 is 2.18 bits per heavy atom. The van der Waals surface area contributed by atoms with Gasteiger partial charge in [0.25, 0.3) is 0 Å². The third kappa shape index (κ3) is 2.71. The molecule has 0 aliphatic rings. The van der Waals surface area contributed by atoms with Crippen molar-refractivity contribution in [2.75, 3.05) is 0 Å². The van der Waals surface area contributed by atoms with Crippen LogP contribution in [0.4, 0.5) is 0 Å². The van der Waals surface area contributed by atoms with Crippen LogP contribution < -0.4 is 5.32 Å². The van der Waals surface area contributed by atoms with Crippen LogP contribution in [0.2, 0.25) is 0 Å². The first-order valence-corrected chi connectivity index (χ1v) is 8.38. The molecule has 22 heavy (non-hydrogen) atoms. The molecule has 1 atom stereocenters. The molecule has 0 spiro atoms. The van der Waals surface area contributed by atoms with Gasteiger partial charge in [-0.1, -0.05) is 25.1 Å². The van der Waals surface area contributed by atoms with Crippen LogP contribution in [0, 0.1) is 6.92 Å². The first-order chi connectivity index (χ1) is 10.6. The fourth-order valence-electron chi connectivity index (χ4n) is 2.86. The van der Waals surface area contributed by atoms with Gasteiger partial charge < -0.3 is 10.3 Å². The predicted molar refractivity (Wildman–Crippen MR) is 93.8 cm³/mol. The largest absolute Gasteiger partial charge is 0.361 e. The number of aryl methyl sites for hydroxylation is 1. The Hall–Kier alpha value is -1.59. The second-order valence-electron chi connectivity index (χ2n) is 5.60. The van der Waals surface area contributed by atoms with Crippen LogP contribution in [-0.2, 0) is 13.6 Å². The molecule has 2 N–H and O–H groups in total. The van der Waals surface area contributed by atoms with Crippen molar-refractivity contribution in [3.8, 4) is 0 Å². The van der Waals surface area contributed by atoms with Crippen LogP contribution in [0.25, 0.3) is 10.9 Å². The van der Waals surface area contributed by atoms with E-state index in [1.807, 2.05) is 17.9 Å². The lowest BCUT2D eigenvalue weighted by Crippen LogP contribution is -2.21. The van der Waals surface area contributed by atoms with Gasteiger partial charge in [-0.25, -0.2) is 0 Å². The molecule has 0 amide bonds. The van der Waals surface area contributed by atoms with E-state index in [1.165, 1.54) is 16.5 Å². The minimum Gasteiger partial charge on any atom is -0.361 e. The number of hydrogen-bond donors (Lipinski definition) is 2. The molecule has 0 saturated heterocycles. The number of benzene rings is 1. The zero-order valence-corrected chi connectivity index (χ0v) is 14.7. The second kappa shape index (κ2) is 6.26. The van der Waals surface area contributed by atoms with Crippen molar-refractivity contribution in [1.29, 1.82) is 0 Å². The van der Waals surface area contributed by atoms with Gasteiger partial charge in [0, 0.05) is 31.5 Å². The van der Waals surface area contributed by atoms with Crippen LogP contribution in [0.3, 0.4) is 0 Å². The van der Waals surface area contributed by atoms with Crippen molar-refractivity contribution >= 4 is 26.8 Å². The van der Waals surface area contributed by atoms with E-state index in [2.05, 4.69) is 69.4 Å².